The number of ketones is 1. The molecule has 0 bridgehead atoms. The van der Waals surface area contributed by atoms with Crippen LogP contribution in [0.5, 0.6) is 0 Å². The van der Waals surface area contributed by atoms with Crippen molar-refractivity contribution in [2.75, 3.05) is 20.5 Å². The Morgan fingerprint density at radius 2 is 1.94 bits per heavy atom. The number of hydrogen-bond acceptors (Lipinski definition) is 6. The second-order valence-electron chi connectivity index (χ2n) is 7.78. The lowest BCUT2D eigenvalue weighted by atomic mass is 9.88. The van der Waals surface area contributed by atoms with Gasteiger partial charge in [0.15, 0.2) is 5.60 Å². The van der Waals surface area contributed by atoms with Gasteiger partial charge in [0.2, 0.25) is 0 Å². The van der Waals surface area contributed by atoms with Crippen LogP contribution in [0.3, 0.4) is 0 Å². The maximum absolute atomic E-state index is 12.2. The summed E-state index contributed by atoms with van der Waals surface area (Å²) >= 11 is 0. The van der Waals surface area contributed by atoms with Gasteiger partial charge in [0.25, 0.3) is 0 Å². The van der Waals surface area contributed by atoms with Crippen LogP contribution < -0.4 is 0 Å². The van der Waals surface area contributed by atoms with Crippen LogP contribution in [0.15, 0.2) is 42.5 Å². The van der Waals surface area contributed by atoms with E-state index in [1.807, 2.05) is 44.2 Å². The second-order valence-corrected chi connectivity index (χ2v) is 7.78. The molecule has 0 heterocycles. The lowest BCUT2D eigenvalue weighted by Gasteiger charge is -2.36. The van der Waals surface area contributed by atoms with Crippen LogP contribution in [0.4, 0.5) is 0 Å². The molecule has 32 heavy (non-hydrogen) atoms. The van der Waals surface area contributed by atoms with E-state index in [0.717, 1.165) is 12.0 Å². The number of rotatable bonds is 14. The van der Waals surface area contributed by atoms with Gasteiger partial charge in [-0.15, -0.1) is 5.92 Å². The summed E-state index contributed by atoms with van der Waals surface area (Å²) < 4.78 is 22.3. The summed E-state index contributed by atoms with van der Waals surface area (Å²) in [4.78, 5) is 23.5. The third-order valence-electron chi connectivity index (χ3n) is 4.64. The molecule has 3 atom stereocenters. The number of esters is 1. The second kappa shape index (κ2) is 15.4. The Kier molecular flexibility index (Phi) is 13.2. The van der Waals surface area contributed by atoms with E-state index in [0.29, 0.717) is 19.6 Å². The van der Waals surface area contributed by atoms with Crippen LogP contribution in [0, 0.1) is 17.8 Å². The highest BCUT2D eigenvalue weighted by molar-refractivity contribution is 5.94. The predicted octanol–water partition coefficient (Wildman–Crippen LogP) is 4.47. The minimum Gasteiger partial charge on any atom is -0.452 e. The Morgan fingerprint density at radius 1 is 1.22 bits per heavy atom. The average molecular weight is 445 g/mol. The molecule has 0 radical (unpaired) electrons. The summed E-state index contributed by atoms with van der Waals surface area (Å²) in [5.41, 5.74) is 0.0557. The SMILES string of the molecule is C/C=C\[C@](C)(OC(=O)CC(C)=O)[C@H](OCOC)[C@H](C)C#CCCCOCc1ccccc1. The highest BCUT2D eigenvalue weighted by Crippen LogP contribution is 2.27. The summed E-state index contributed by atoms with van der Waals surface area (Å²) in [6, 6.07) is 10.0. The van der Waals surface area contributed by atoms with E-state index in [4.69, 9.17) is 18.9 Å². The van der Waals surface area contributed by atoms with Crippen molar-refractivity contribution in [3.8, 4) is 11.8 Å². The predicted molar refractivity (Wildman–Crippen MR) is 124 cm³/mol. The zero-order valence-electron chi connectivity index (χ0n) is 19.9. The van der Waals surface area contributed by atoms with Gasteiger partial charge in [-0.25, -0.2) is 0 Å². The molecule has 176 valence electrons. The molecule has 1 aromatic rings. The summed E-state index contributed by atoms with van der Waals surface area (Å²) in [5, 5.41) is 0. The van der Waals surface area contributed by atoms with Gasteiger partial charge < -0.3 is 18.9 Å². The quantitative estimate of drug-likeness (QED) is 0.105. The molecule has 0 amide bonds. The van der Waals surface area contributed by atoms with Crippen molar-refractivity contribution in [1.82, 2.24) is 0 Å². The number of carbonyl (C=O) groups excluding carboxylic acids is 2. The van der Waals surface area contributed by atoms with Crippen molar-refractivity contribution in [3.05, 3.63) is 48.0 Å². The molecule has 0 aliphatic rings. The van der Waals surface area contributed by atoms with Gasteiger partial charge in [-0.1, -0.05) is 42.3 Å². The van der Waals surface area contributed by atoms with Gasteiger partial charge >= 0.3 is 5.97 Å². The van der Waals surface area contributed by atoms with Crippen LogP contribution in [-0.4, -0.2) is 44.0 Å². The van der Waals surface area contributed by atoms with Gasteiger partial charge in [-0.05, 0) is 45.8 Å². The van der Waals surface area contributed by atoms with Crippen molar-refractivity contribution >= 4 is 11.8 Å². The molecule has 1 rings (SSSR count). The molecule has 0 aliphatic carbocycles. The van der Waals surface area contributed by atoms with Crippen molar-refractivity contribution in [3.63, 3.8) is 0 Å². The lowest BCUT2D eigenvalue weighted by Crippen LogP contribution is -2.47. The normalized spacial score (nSPS) is 14.8. The van der Waals surface area contributed by atoms with Crippen LogP contribution in [0.2, 0.25) is 0 Å². The highest BCUT2D eigenvalue weighted by atomic mass is 16.7. The van der Waals surface area contributed by atoms with E-state index < -0.39 is 17.7 Å². The maximum atomic E-state index is 12.2. The van der Waals surface area contributed by atoms with Gasteiger partial charge in [-0.3, -0.25) is 9.59 Å². The van der Waals surface area contributed by atoms with E-state index >= 15 is 0 Å². The molecule has 0 saturated carbocycles. The number of Topliss-reactive ketones (excluding diaryl/α,β-unsaturated/α-hetero) is 1. The first-order valence-electron chi connectivity index (χ1n) is 10.9. The molecule has 0 N–H and O–H groups in total. The molecule has 0 spiro atoms. The van der Waals surface area contributed by atoms with Crippen LogP contribution in [-0.2, 0) is 35.1 Å². The van der Waals surface area contributed by atoms with Crippen LogP contribution in [0.25, 0.3) is 0 Å². The molecule has 6 heteroatoms. The van der Waals surface area contributed by atoms with Gasteiger partial charge in [0.1, 0.15) is 25.1 Å². The Bertz CT molecular complexity index is 777. The third-order valence-corrected chi connectivity index (χ3v) is 4.64. The Morgan fingerprint density at radius 3 is 2.56 bits per heavy atom. The van der Waals surface area contributed by atoms with Crippen molar-refractivity contribution in [2.45, 2.75) is 65.3 Å². The number of hydrogen-bond donors (Lipinski definition) is 0. The summed E-state index contributed by atoms with van der Waals surface area (Å²) in [5.74, 6) is 5.27. The van der Waals surface area contributed by atoms with Crippen molar-refractivity contribution in [1.29, 1.82) is 0 Å². The van der Waals surface area contributed by atoms with Gasteiger partial charge in [-0.2, -0.15) is 0 Å². The van der Waals surface area contributed by atoms with E-state index in [2.05, 4.69) is 11.8 Å². The molecule has 0 aliphatic heterocycles. The Labute approximate surface area is 192 Å². The number of methoxy groups -OCH3 is 1. The molecule has 1 aromatic carbocycles. The van der Waals surface area contributed by atoms with E-state index in [9.17, 15) is 9.59 Å². The molecule has 0 saturated heterocycles. The minimum atomic E-state index is -1.09. The smallest absolute Gasteiger partial charge is 0.314 e. The molecule has 6 nitrogen and oxygen atoms in total. The monoisotopic (exact) mass is 444 g/mol. The molecule has 0 fully saturated rings. The molecule has 0 unspecified atom stereocenters. The third kappa shape index (κ3) is 10.7. The minimum absolute atomic E-state index is 0.0292. The fraction of sp³-hybridized carbons (Fsp3) is 0.538. The molecule has 0 aromatic heterocycles. The zero-order valence-corrected chi connectivity index (χ0v) is 19.9. The zero-order chi connectivity index (χ0) is 23.8. The largest absolute Gasteiger partial charge is 0.452 e. The highest BCUT2D eigenvalue weighted by Gasteiger charge is 2.40. The lowest BCUT2D eigenvalue weighted by molar-refractivity contribution is -0.182. The van der Waals surface area contributed by atoms with Crippen molar-refractivity contribution < 1.29 is 28.5 Å². The first kappa shape index (κ1) is 27.6. The molecular formula is C26H36O6. The van der Waals surface area contributed by atoms with Gasteiger partial charge in [0.05, 0.1) is 6.61 Å². The van der Waals surface area contributed by atoms with E-state index in [-0.39, 0.29) is 24.9 Å². The number of ether oxygens (including phenoxy) is 4. The summed E-state index contributed by atoms with van der Waals surface area (Å²) in [6.45, 7) is 8.09. The number of carbonyl (C=O) groups is 2. The first-order valence-corrected chi connectivity index (χ1v) is 10.9. The van der Waals surface area contributed by atoms with Crippen LogP contribution >= 0.6 is 0 Å². The van der Waals surface area contributed by atoms with E-state index in [1.54, 1.807) is 19.1 Å². The summed E-state index contributed by atoms with van der Waals surface area (Å²) in [6.07, 6.45) is 4.18. The molecular weight excluding hydrogens is 408 g/mol. The number of benzene rings is 1. The number of allylic oxidation sites excluding steroid dienone is 1. The van der Waals surface area contributed by atoms with E-state index in [1.165, 1.54) is 14.0 Å². The topological polar surface area (TPSA) is 71.1 Å². The fourth-order valence-corrected chi connectivity index (χ4v) is 3.29. The number of unbranched alkanes of at least 4 members (excludes halogenated alkanes) is 1. The first-order chi connectivity index (χ1) is 15.3. The van der Waals surface area contributed by atoms with Crippen LogP contribution in [0.1, 0.15) is 52.5 Å². The fourth-order valence-electron chi connectivity index (χ4n) is 3.29. The Balaban J connectivity index is 2.69. The van der Waals surface area contributed by atoms with Crippen molar-refractivity contribution in [2.24, 2.45) is 5.92 Å². The average Bonchev–Trinajstić information content (AvgIpc) is 2.73. The summed E-state index contributed by atoms with van der Waals surface area (Å²) in [7, 11) is 1.53. The maximum Gasteiger partial charge on any atom is 0.314 e. The Hall–Kier alpha value is -2.46. The van der Waals surface area contributed by atoms with Gasteiger partial charge in [0, 0.05) is 26.1 Å². The standard InChI is InChI=1S/C26H36O6/c1-6-16-26(4,32-24(28)18-22(3)27)25(31-20-29-5)21(2)13-9-8-12-17-30-19-23-14-10-7-11-15-23/h6-7,10-11,14-16,21,25H,8,12,17-20H2,1-5H3/b16-6-/t21-,25-,26+/m1/s1.